The highest BCUT2D eigenvalue weighted by Crippen LogP contribution is 2.39. The van der Waals surface area contributed by atoms with Crippen LogP contribution < -0.4 is 10.6 Å². The maximum absolute atomic E-state index is 6.15. The number of anilines is 1. The topological polar surface area (TPSA) is 55.0 Å². The molecular weight excluding hydrogens is 224 g/mol. The van der Waals surface area contributed by atoms with Gasteiger partial charge < -0.3 is 10.6 Å². The summed E-state index contributed by atoms with van der Waals surface area (Å²) in [5, 5.41) is 0.648. The zero-order valence-electron chi connectivity index (χ0n) is 9.01. The van der Waals surface area contributed by atoms with Crippen molar-refractivity contribution in [2.75, 3.05) is 4.90 Å². The summed E-state index contributed by atoms with van der Waals surface area (Å²) in [5.41, 5.74) is 6.04. The number of aromatic nitrogens is 2. The molecule has 2 bridgehead atoms. The molecule has 3 heterocycles. The van der Waals surface area contributed by atoms with E-state index < -0.39 is 0 Å². The van der Waals surface area contributed by atoms with E-state index in [-0.39, 0.29) is 0 Å². The normalized spacial score (nSPS) is 33.1. The van der Waals surface area contributed by atoms with Crippen molar-refractivity contribution in [1.29, 1.82) is 0 Å². The number of piperidine rings is 1. The Bertz CT molecular complexity index is 383. The van der Waals surface area contributed by atoms with Gasteiger partial charge in [-0.3, -0.25) is 0 Å². The van der Waals surface area contributed by atoms with Crippen LogP contribution in [0.1, 0.15) is 25.7 Å². The zero-order valence-corrected chi connectivity index (χ0v) is 9.77. The predicted octanol–water partition coefficient (Wildman–Crippen LogP) is 1.59. The summed E-state index contributed by atoms with van der Waals surface area (Å²) in [6.45, 7) is 0. The van der Waals surface area contributed by atoms with E-state index >= 15 is 0 Å². The molecule has 0 aliphatic carbocycles. The molecule has 0 aromatic carbocycles. The first kappa shape index (κ1) is 10.3. The van der Waals surface area contributed by atoms with Crippen molar-refractivity contribution in [3.63, 3.8) is 0 Å². The van der Waals surface area contributed by atoms with Crippen LogP contribution in [0.2, 0.25) is 5.02 Å². The van der Waals surface area contributed by atoms with Gasteiger partial charge in [-0.2, -0.15) is 0 Å². The molecule has 0 spiro atoms. The third-order valence-corrected chi connectivity index (χ3v) is 3.93. The number of hydrogen-bond acceptors (Lipinski definition) is 4. The third kappa shape index (κ3) is 1.57. The largest absolute Gasteiger partial charge is 0.349 e. The van der Waals surface area contributed by atoms with E-state index in [1.54, 1.807) is 12.5 Å². The number of nitrogens with zero attached hydrogens (tertiary/aromatic N) is 3. The Balaban J connectivity index is 1.94. The molecule has 1 aromatic heterocycles. The molecule has 0 saturated carbocycles. The highest BCUT2D eigenvalue weighted by Gasteiger charge is 2.40. The Morgan fingerprint density at radius 2 is 2.00 bits per heavy atom. The van der Waals surface area contributed by atoms with Crippen LogP contribution in [0.4, 0.5) is 5.82 Å². The van der Waals surface area contributed by atoms with Gasteiger partial charge in [0, 0.05) is 18.1 Å². The fraction of sp³-hybridized carbons (Fsp3) is 0.636. The van der Waals surface area contributed by atoms with Crippen molar-refractivity contribution in [3.05, 3.63) is 17.5 Å². The number of hydrogen-bond donors (Lipinski definition) is 1. The molecule has 0 radical (unpaired) electrons. The average Bonchev–Trinajstić information content (AvgIpc) is 2.53. The standard InChI is InChI=1S/C11H15ClN4/c12-10-5-14-6-15-11(10)16-8-1-2-9(16)4-7(13)3-8/h5-9H,1-4,13H2. The highest BCUT2D eigenvalue weighted by atomic mass is 35.5. The Morgan fingerprint density at radius 1 is 1.31 bits per heavy atom. The van der Waals surface area contributed by atoms with Crippen LogP contribution in [0, 0.1) is 0 Å². The first-order valence-electron chi connectivity index (χ1n) is 5.75. The van der Waals surface area contributed by atoms with Crippen LogP contribution in [0.25, 0.3) is 0 Å². The first-order chi connectivity index (χ1) is 7.75. The smallest absolute Gasteiger partial charge is 0.151 e. The van der Waals surface area contributed by atoms with Crippen molar-refractivity contribution in [2.45, 2.75) is 43.8 Å². The number of nitrogens with two attached hydrogens (primary N) is 1. The van der Waals surface area contributed by atoms with E-state index in [1.807, 2.05) is 0 Å². The monoisotopic (exact) mass is 238 g/mol. The number of rotatable bonds is 1. The lowest BCUT2D eigenvalue weighted by Gasteiger charge is -2.38. The van der Waals surface area contributed by atoms with Crippen LogP contribution in [-0.4, -0.2) is 28.1 Å². The Kier molecular flexibility index (Phi) is 2.48. The second-order valence-electron chi connectivity index (χ2n) is 4.72. The molecule has 2 unspecified atom stereocenters. The lowest BCUT2D eigenvalue weighted by Crippen LogP contribution is -2.48. The molecule has 4 nitrogen and oxygen atoms in total. The second kappa shape index (κ2) is 3.86. The quantitative estimate of drug-likeness (QED) is 0.807. The van der Waals surface area contributed by atoms with Gasteiger partial charge in [0.05, 0.1) is 6.20 Å². The SMILES string of the molecule is NC1CC2CCC(C1)N2c1ncncc1Cl. The van der Waals surface area contributed by atoms with Crippen LogP contribution in [0.3, 0.4) is 0 Å². The molecule has 16 heavy (non-hydrogen) atoms. The highest BCUT2D eigenvalue weighted by molar-refractivity contribution is 6.32. The van der Waals surface area contributed by atoms with Gasteiger partial charge in [0.2, 0.25) is 0 Å². The molecule has 2 N–H and O–H groups in total. The summed E-state index contributed by atoms with van der Waals surface area (Å²) in [5.74, 6) is 0.885. The Labute approximate surface area is 99.8 Å². The minimum atomic E-state index is 0.342. The van der Waals surface area contributed by atoms with Gasteiger partial charge in [0.15, 0.2) is 5.82 Å². The Hall–Kier alpha value is -0.870. The lowest BCUT2D eigenvalue weighted by molar-refractivity contribution is 0.412. The minimum Gasteiger partial charge on any atom is -0.349 e. The summed E-state index contributed by atoms with van der Waals surface area (Å²) in [7, 11) is 0. The molecule has 2 aliphatic rings. The van der Waals surface area contributed by atoms with E-state index in [4.69, 9.17) is 17.3 Å². The molecule has 3 rings (SSSR count). The van der Waals surface area contributed by atoms with Gasteiger partial charge in [-0.05, 0) is 25.7 Å². The van der Waals surface area contributed by atoms with E-state index in [2.05, 4.69) is 14.9 Å². The molecule has 86 valence electrons. The summed E-state index contributed by atoms with van der Waals surface area (Å²) in [6.07, 6.45) is 7.75. The average molecular weight is 239 g/mol. The predicted molar refractivity (Wildman–Crippen MR) is 63.5 cm³/mol. The molecule has 0 amide bonds. The van der Waals surface area contributed by atoms with Gasteiger partial charge in [-0.15, -0.1) is 0 Å². The summed E-state index contributed by atoms with van der Waals surface area (Å²) in [4.78, 5) is 10.6. The molecule has 2 aliphatic heterocycles. The van der Waals surface area contributed by atoms with E-state index in [0.29, 0.717) is 23.1 Å². The van der Waals surface area contributed by atoms with E-state index in [0.717, 1.165) is 18.7 Å². The number of fused-ring (bicyclic) bond motifs is 2. The van der Waals surface area contributed by atoms with Crippen LogP contribution in [0.15, 0.2) is 12.5 Å². The van der Waals surface area contributed by atoms with Crippen molar-refractivity contribution in [2.24, 2.45) is 5.73 Å². The maximum atomic E-state index is 6.15. The second-order valence-corrected chi connectivity index (χ2v) is 5.13. The van der Waals surface area contributed by atoms with Gasteiger partial charge in [0.1, 0.15) is 11.3 Å². The molecule has 2 atom stereocenters. The first-order valence-corrected chi connectivity index (χ1v) is 6.13. The van der Waals surface area contributed by atoms with Gasteiger partial charge in [0.25, 0.3) is 0 Å². The van der Waals surface area contributed by atoms with E-state index in [9.17, 15) is 0 Å². The number of halogens is 1. The molecule has 2 saturated heterocycles. The van der Waals surface area contributed by atoms with Crippen LogP contribution in [-0.2, 0) is 0 Å². The summed E-state index contributed by atoms with van der Waals surface area (Å²) in [6, 6.07) is 1.37. The van der Waals surface area contributed by atoms with Gasteiger partial charge >= 0.3 is 0 Å². The van der Waals surface area contributed by atoms with Gasteiger partial charge in [-0.1, -0.05) is 11.6 Å². The van der Waals surface area contributed by atoms with Crippen molar-refractivity contribution >= 4 is 17.4 Å². The van der Waals surface area contributed by atoms with Crippen molar-refractivity contribution in [3.8, 4) is 0 Å². The lowest BCUT2D eigenvalue weighted by atomic mass is 9.98. The molecule has 1 aromatic rings. The molecule has 2 fully saturated rings. The molecular formula is C11H15ClN4. The van der Waals surface area contributed by atoms with Crippen LogP contribution >= 0.6 is 11.6 Å². The Morgan fingerprint density at radius 3 is 2.62 bits per heavy atom. The van der Waals surface area contributed by atoms with Crippen molar-refractivity contribution < 1.29 is 0 Å². The zero-order chi connectivity index (χ0) is 11.1. The van der Waals surface area contributed by atoms with E-state index in [1.165, 1.54) is 12.8 Å². The summed E-state index contributed by atoms with van der Waals surface area (Å²) < 4.78 is 0. The fourth-order valence-electron chi connectivity index (χ4n) is 3.06. The van der Waals surface area contributed by atoms with Crippen molar-refractivity contribution in [1.82, 2.24) is 9.97 Å². The van der Waals surface area contributed by atoms with Gasteiger partial charge in [-0.25, -0.2) is 9.97 Å². The molecule has 5 heteroatoms. The fourth-order valence-corrected chi connectivity index (χ4v) is 3.26. The summed E-state index contributed by atoms with van der Waals surface area (Å²) >= 11 is 6.15. The van der Waals surface area contributed by atoms with Crippen LogP contribution in [0.5, 0.6) is 0 Å². The third-order valence-electron chi connectivity index (χ3n) is 3.66. The maximum Gasteiger partial charge on any atom is 0.151 e. The minimum absolute atomic E-state index is 0.342.